The van der Waals surface area contributed by atoms with E-state index in [1.807, 2.05) is 12.2 Å². The van der Waals surface area contributed by atoms with Gasteiger partial charge >= 0.3 is 0 Å². The van der Waals surface area contributed by atoms with Crippen molar-refractivity contribution in [2.24, 2.45) is 28.7 Å². The van der Waals surface area contributed by atoms with Gasteiger partial charge < -0.3 is 11.5 Å². The SMILES string of the molecule is C=C(N)/C=C\C(=C)CC(=C)/C=C\C(=C)C1(C(=C)/C=C\C(=C)CC(=C)/C=C\C(=C)N)CCC(CCC2CCCCC2)CC1. The maximum Gasteiger partial charge on any atom is 0.0241 e. The van der Waals surface area contributed by atoms with Crippen LogP contribution in [0, 0.1) is 17.3 Å². The summed E-state index contributed by atoms with van der Waals surface area (Å²) >= 11 is 0. The van der Waals surface area contributed by atoms with E-state index in [-0.39, 0.29) is 5.41 Å². The third kappa shape index (κ3) is 12.1. The van der Waals surface area contributed by atoms with Crippen molar-refractivity contribution in [3.05, 3.63) is 146 Å². The smallest absolute Gasteiger partial charge is 0.0241 e. The summed E-state index contributed by atoms with van der Waals surface area (Å²) in [5, 5.41) is 0. The van der Waals surface area contributed by atoms with Crippen molar-refractivity contribution in [3.63, 3.8) is 0 Å². The largest absolute Gasteiger partial charge is 0.399 e. The second-order valence-electron chi connectivity index (χ2n) is 12.6. The van der Waals surface area contributed by atoms with Crippen LogP contribution in [0.4, 0.5) is 0 Å². The Morgan fingerprint density at radius 3 is 1.24 bits per heavy atom. The zero-order valence-corrected chi connectivity index (χ0v) is 26.3. The normalized spacial score (nSPS) is 18.1. The van der Waals surface area contributed by atoms with Gasteiger partial charge in [-0.05, 0) is 73.7 Å². The first-order chi connectivity index (χ1) is 19.9. The van der Waals surface area contributed by atoms with Crippen molar-refractivity contribution in [3.8, 4) is 0 Å². The van der Waals surface area contributed by atoms with E-state index in [4.69, 9.17) is 11.5 Å². The average Bonchev–Trinajstić information content (AvgIpc) is 2.96. The zero-order valence-electron chi connectivity index (χ0n) is 26.3. The van der Waals surface area contributed by atoms with Crippen LogP contribution in [0.2, 0.25) is 0 Å². The van der Waals surface area contributed by atoms with E-state index in [1.54, 1.807) is 12.2 Å². The molecule has 42 heavy (non-hydrogen) atoms. The summed E-state index contributed by atoms with van der Waals surface area (Å²) in [6.07, 6.45) is 31.5. The van der Waals surface area contributed by atoms with Gasteiger partial charge in [-0.15, -0.1) is 0 Å². The second-order valence-corrected chi connectivity index (χ2v) is 12.6. The molecule has 0 spiro atoms. The minimum absolute atomic E-state index is 0.169. The molecule has 0 aromatic rings. The van der Waals surface area contributed by atoms with Crippen LogP contribution >= 0.6 is 0 Å². The van der Waals surface area contributed by atoms with Gasteiger partial charge in [0.25, 0.3) is 0 Å². The molecule has 0 aromatic heterocycles. The van der Waals surface area contributed by atoms with Crippen LogP contribution in [0.3, 0.4) is 0 Å². The molecule has 2 aliphatic rings. The van der Waals surface area contributed by atoms with E-state index in [1.165, 1.54) is 57.8 Å². The molecule has 2 rings (SSSR count). The van der Waals surface area contributed by atoms with Crippen molar-refractivity contribution < 1.29 is 0 Å². The molecular weight excluding hydrogens is 508 g/mol. The minimum atomic E-state index is -0.169. The monoisotopic (exact) mass is 564 g/mol. The lowest BCUT2D eigenvalue weighted by Crippen LogP contribution is -2.30. The maximum absolute atomic E-state index is 5.65. The number of allylic oxidation sites excluding steroid dienone is 14. The molecule has 0 radical (unpaired) electrons. The molecule has 226 valence electrons. The summed E-state index contributed by atoms with van der Waals surface area (Å²) in [4.78, 5) is 0. The van der Waals surface area contributed by atoms with E-state index in [9.17, 15) is 0 Å². The summed E-state index contributed by atoms with van der Waals surface area (Å²) in [5.41, 5.74) is 18.2. The van der Waals surface area contributed by atoms with Crippen LogP contribution in [0.25, 0.3) is 0 Å². The van der Waals surface area contributed by atoms with Gasteiger partial charge in [-0.2, -0.15) is 0 Å². The standard InChI is InChI=1S/C40H56N2/c1-30(28-32(3)16-20-36(7)41)14-18-34(5)40(35(6)19-15-31(2)29-33(4)17-21-37(8)42)26-24-39(25-27-40)23-22-38-12-10-9-11-13-38/h14-21,38-39H,1-13,22-29,41-42H2/b18-14-,19-15-,20-16-,21-17-. The maximum atomic E-state index is 5.65. The number of rotatable bonds is 17. The summed E-state index contributed by atoms with van der Waals surface area (Å²) in [6, 6.07) is 0. The fraction of sp³-hybridized carbons (Fsp3) is 0.400. The van der Waals surface area contributed by atoms with Gasteiger partial charge in [0.05, 0.1) is 0 Å². The molecule has 0 aromatic carbocycles. The van der Waals surface area contributed by atoms with Crippen LogP contribution in [-0.2, 0) is 0 Å². The van der Waals surface area contributed by atoms with E-state index < -0.39 is 0 Å². The predicted octanol–water partition coefficient (Wildman–Crippen LogP) is 10.8. The predicted molar refractivity (Wildman–Crippen MR) is 187 cm³/mol. The van der Waals surface area contributed by atoms with Crippen LogP contribution in [0.1, 0.15) is 83.5 Å². The highest BCUT2D eigenvalue weighted by Crippen LogP contribution is 2.50. The first-order valence-electron chi connectivity index (χ1n) is 15.6. The quantitative estimate of drug-likeness (QED) is 0.173. The zero-order chi connectivity index (χ0) is 31.1. The van der Waals surface area contributed by atoms with E-state index >= 15 is 0 Å². The number of nitrogens with two attached hydrogens (primary N) is 2. The van der Waals surface area contributed by atoms with Gasteiger partial charge in [0.1, 0.15) is 0 Å². The van der Waals surface area contributed by atoms with Crippen molar-refractivity contribution in [2.45, 2.75) is 83.5 Å². The molecule has 2 aliphatic carbocycles. The lowest BCUT2D eigenvalue weighted by Gasteiger charge is -2.42. The Labute approximate surface area is 257 Å². The highest BCUT2D eigenvalue weighted by Gasteiger charge is 2.38. The molecule has 0 atom stereocenters. The van der Waals surface area contributed by atoms with Gasteiger partial charge in [-0.25, -0.2) is 0 Å². The first kappa shape index (κ1) is 34.7. The third-order valence-corrected chi connectivity index (χ3v) is 8.91. The Morgan fingerprint density at radius 1 is 0.500 bits per heavy atom. The summed E-state index contributed by atoms with van der Waals surface area (Å²) < 4.78 is 0. The summed E-state index contributed by atoms with van der Waals surface area (Å²) in [7, 11) is 0. The molecule has 2 saturated carbocycles. The van der Waals surface area contributed by atoms with Crippen LogP contribution in [-0.4, -0.2) is 0 Å². The molecular formula is C40H56N2. The minimum Gasteiger partial charge on any atom is -0.399 e. The second kappa shape index (κ2) is 17.4. The van der Waals surface area contributed by atoms with Crippen LogP contribution < -0.4 is 11.5 Å². The van der Waals surface area contributed by atoms with Crippen molar-refractivity contribution >= 4 is 0 Å². The Bertz CT molecular complexity index is 1090. The van der Waals surface area contributed by atoms with Crippen molar-refractivity contribution in [2.75, 3.05) is 0 Å². The highest BCUT2D eigenvalue weighted by atomic mass is 14.5. The molecule has 0 bridgehead atoms. The van der Waals surface area contributed by atoms with Crippen LogP contribution in [0.15, 0.2) is 146 Å². The van der Waals surface area contributed by atoms with Gasteiger partial charge in [-0.3, -0.25) is 0 Å². The first-order valence-corrected chi connectivity index (χ1v) is 15.6. The van der Waals surface area contributed by atoms with E-state index in [0.29, 0.717) is 24.2 Å². The average molecular weight is 565 g/mol. The lowest BCUT2D eigenvalue weighted by atomic mass is 9.62. The fourth-order valence-corrected chi connectivity index (χ4v) is 6.28. The van der Waals surface area contributed by atoms with Crippen LogP contribution in [0.5, 0.6) is 0 Å². The molecule has 4 N–H and O–H groups in total. The van der Waals surface area contributed by atoms with Gasteiger partial charge in [-0.1, -0.05) is 156 Å². The molecule has 0 unspecified atom stereocenters. The van der Waals surface area contributed by atoms with E-state index in [2.05, 4.69) is 76.9 Å². The Morgan fingerprint density at radius 2 is 0.857 bits per heavy atom. The topological polar surface area (TPSA) is 52.0 Å². The Balaban J connectivity index is 2.12. The Kier molecular flexibility index (Phi) is 14.4. The highest BCUT2D eigenvalue weighted by molar-refractivity contribution is 5.43. The lowest BCUT2D eigenvalue weighted by molar-refractivity contribution is 0.208. The van der Waals surface area contributed by atoms with Gasteiger partial charge in [0.2, 0.25) is 0 Å². The third-order valence-electron chi connectivity index (χ3n) is 8.91. The molecule has 0 saturated heterocycles. The molecule has 0 amide bonds. The van der Waals surface area contributed by atoms with Crippen molar-refractivity contribution in [1.29, 1.82) is 0 Å². The van der Waals surface area contributed by atoms with Gasteiger partial charge in [0, 0.05) is 16.8 Å². The molecule has 2 heteroatoms. The fourth-order valence-electron chi connectivity index (χ4n) is 6.28. The molecule has 0 aliphatic heterocycles. The number of hydrogen-bond donors (Lipinski definition) is 2. The van der Waals surface area contributed by atoms with Gasteiger partial charge in [0.15, 0.2) is 0 Å². The summed E-state index contributed by atoms with van der Waals surface area (Å²) in [6.45, 7) is 33.3. The Hall–Kier alpha value is -3.52. The number of hydrogen-bond acceptors (Lipinski definition) is 2. The molecule has 2 fully saturated rings. The van der Waals surface area contributed by atoms with E-state index in [0.717, 1.165) is 58.1 Å². The molecule has 2 nitrogen and oxygen atoms in total. The van der Waals surface area contributed by atoms with Crippen molar-refractivity contribution in [1.82, 2.24) is 0 Å². The molecule has 0 heterocycles. The summed E-state index contributed by atoms with van der Waals surface area (Å²) in [5.74, 6) is 1.73.